The van der Waals surface area contributed by atoms with Crippen molar-refractivity contribution in [1.29, 1.82) is 0 Å². The number of benzene rings is 1. The second kappa shape index (κ2) is 8.88. The summed E-state index contributed by atoms with van der Waals surface area (Å²) in [5.74, 6) is 0. The van der Waals surface area contributed by atoms with Crippen molar-refractivity contribution >= 4 is 45.7 Å². The topological polar surface area (TPSA) is 60.8 Å². The lowest BCUT2D eigenvalue weighted by atomic mass is 10.1. The Balaban J connectivity index is 1.91. The summed E-state index contributed by atoms with van der Waals surface area (Å²) in [6.07, 6.45) is 1.15. The van der Waals surface area contributed by atoms with Crippen LogP contribution >= 0.6 is 24.0 Å². The molecule has 5 nitrogen and oxygen atoms in total. The maximum Gasteiger partial charge on any atom is 0.186 e. The molecule has 1 aliphatic heterocycles. The molecule has 3 N–H and O–H groups in total. The van der Waals surface area contributed by atoms with Gasteiger partial charge in [-0.2, -0.15) is 5.10 Å². The summed E-state index contributed by atoms with van der Waals surface area (Å²) in [7, 11) is 0. The number of anilines is 1. The SMILES string of the molecule is CCNC(=S)N/N=C(/C)c1ccc(NC2=NC[C@H](CC)S2)cc1. The highest BCUT2D eigenvalue weighted by Crippen LogP contribution is 2.24. The summed E-state index contributed by atoms with van der Waals surface area (Å²) in [4.78, 5) is 4.52. The van der Waals surface area contributed by atoms with E-state index in [4.69, 9.17) is 12.2 Å². The molecule has 23 heavy (non-hydrogen) atoms. The molecule has 124 valence electrons. The highest BCUT2D eigenvalue weighted by Gasteiger charge is 2.17. The summed E-state index contributed by atoms with van der Waals surface area (Å²) < 4.78 is 0. The average molecular weight is 350 g/mol. The van der Waals surface area contributed by atoms with Gasteiger partial charge in [-0.15, -0.1) is 0 Å². The fraction of sp³-hybridized carbons (Fsp3) is 0.438. The molecule has 0 saturated heterocycles. The maximum atomic E-state index is 5.09. The Labute approximate surface area is 147 Å². The van der Waals surface area contributed by atoms with Crippen LogP contribution in [0, 0.1) is 0 Å². The molecule has 0 radical (unpaired) electrons. The molecule has 7 heteroatoms. The Kier molecular flexibility index (Phi) is 6.85. The van der Waals surface area contributed by atoms with Crippen molar-refractivity contribution < 1.29 is 0 Å². The van der Waals surface area contributed by atoms with Crippen LogP contribution in [0.5, 0.6) is 0 Å². The van der Waals surface area contributed by atoms with E-state index in [0.29, 0.717) is 10.4 Å². The molecule has 0 spiro atoms. The molecule has 1 aromatic carbocycles. The van der Waals surface area contributed by atoms with Crippen LogP contribution in [0.4, 0.5) is 5.69 Å². The summed E-state index contributed by atoms with van der Waals surface area (Å²) >= 11 is 6.90. The molecule has 1 aromatic rings. The van der Waals surface area contributed by atoms with Gasteiger partial charge in [-0.25, -0.2) is 0 Å². The van der Waals surface area contributed by atoms with Crippen LogP contribution in [0.3, 0.4) is 0 Å². The van der Waals surface area contributed by atoms with Crippen molar-refractivity contribution in [2.75, 3.05) is 18.4 Å². The van der Waals surface area contributed by atoms with Crippen LogP contribution in [-0.2, 0) is 0 Å². The van der Waals surface area contributed by atoms with E-state index in [1.54, 1.807) is 0 Å². The minimum Gasteiger partial charge on any atom is -0.362 e. The number of aliphatic imine (C=N–C) groups is 1. The number of nitrogens with one attached hydrogen (secondary N) is 3. The Bertz CT molecular complexity index is 595. The molecular formula is C16H23N5S2. The van der Waals surface area contributed by atoms with Crippen LogP contribution in [0.15, 0.2) is 34.4 Å². The Morgan fingerprint density at radius 3 is 2.70 bits per heavy atom. The van der Waals surface area contributed by atoms with E-state index in [-0.39, 0.29) is 0 Å². The number of thioether (sulfide) groups is 1. The lowest BCUT2D eigenvalue weighted by Gasteiger charge is -2.09. The molecule has 2 rings (SSSR count). The summed E-state index contributed by atoms with van der Waals surface area (Å²) in [5.41, 5.74) is 5.81. The van der Waals surface area contributed by atoms with Crippen molar-refractivity contribution in [3.05, 3.63) is 29.8 Å². The third-order valence-electron chi connectivity index (χ3n) is 3.39. The van der Waals surface area contributed by atoms with Gasteiger partial charge >= 0.3 is 0 Å². The van der Waals surface area contributed by atoms with Gasteiger partial charge in [0.1, 0.15) is 0 Å². The third-order valence-corrected chi connectivity index (χ3v) is 4.89. The van der Waals surface area contributed by atoms with Gasteiger partial charge in [-0.05, 0) is 50.2 Å². The van der Waals surface area contributed by atoms with Gasteiger partial charge in [-0.1, -0.05) is 30.8 Å². The Hall–Kier alpha value is -1.60. The lowest BCUT2D eigenvalue weighted by Crippen LogP contribution is -2.32. The van der Waals surface area contributed by atoms with E-state index in [1.165, 1.54) is 0 Å². The molecular weight excluding hydrogens is 326 g/mol. The van der Waals surface area contributed by atoms with E-state index in [1.807, 2.05) is 49.9 Å². The number of hydrogen-bond donors (Lipinski definition) is 3. The first-order chi connectivity index (χ1) is 11.1. The van der Waals surface area contributed by atoms with Gasteiger partial charge in [-0.3, -0.25) is 10.4 Å². The highest BCUT2D eigenvalue weighted by atomic mass is 32.2. The number of rotatable bonds is 5. The van der Waals surface area contributed by atoms with Gasteiger partial charge in [0.25, 0.3) is 0 Å². The number of hydrogen-bond acceptors (Lipinski definition) is 5. The first-order valence-electron chi connectivity index (χ1n) is 7.79. The van der Waals surface area contributed by atoms with E-state index >= 15 is 0 Å². The minimum absolute atomic E-state index is 0.534. The number of amidine groups is 1. The lowest BCUT2D eigenvalue weighted by molar-refractivity contribution is 0.843. The fourth-order valence-corrected chi connectivity index (χ4v) is 3.16. The number of nitrogens with zero attached hydrogens (tertiary/aromatic N) is 2. The van der Waals surface area contributed by atoms with Crippen molar-refractivity contribution in [3.8, 4) is 0 Å². The predicted molar refractivity (Wildman–Crippen MR) is 106 cm³/mol. The Morgan fingerprint density at radius 2 is 2.09 bits per heavy atom. The predicted octanol–water partition coefficient (Wildman–Crippen LogP) is 3.19. The highest BCUT2D eigenvalue weighted by molar-refractivity contribution is 8.15. The zero-order valence-electron chi connectivity index (χ0n) is 13.7. The van der Waals surface area contributed by atoms with Crippen LogP contribution in [0.2, 0.25) is 0 Å². The van der Waals surface area contributed by atoms with Gasteiger partial charge in [0.05, 0.1) is 12.3 Å². The van der Waals surface area contributed by atoms with Crippen molar-refractivity contribution in [2.24, 2.45) is 10.1 Å². The summed E-state index contributed by atoms with van der Waals surface area (Å²) in [5, 5.41) is 12.8. The van der Waals surface area contributed by atoms with E-state index in [2.05, 4.69) is 33.1 Å². The minimum atomic E-state index is 0.534. The smallest absolute Gasteiger partial charge is 0.186 e. The van der Waals surface area contributed by atoms with Crippen molar-refractivity contribution in [2.45, 2.75) is 32.4 Å². The molecule has 0 bridgehead atoms. The zero-order chi connectivity index (χ0) is 16.7. The van der Waals surface area contributed by atoms with Gasteiger partial charge in [0, 0.05) is 17.5 Å². The molecule has 1 atom stereocenters. The van der Waals surface area contributed by atoms with Crippen LogP contribution in [0.25, 0.3) is 0 Å². The monoisotopic (exact) mass is 349 g/mol. The number of thiocarbonyl (C=S) groups is 1. The Morgan fingerprint density at radius 1 is 1.35 bits per heavy atom. The second-order valence-corrected chi connectivity index (χ2v) is 6.86. The fourth-order valence-electron chi connectivity index (χ4n) is 2.02. The van der Waals surface area contributed by atoms with Gasteiger partial charge in [0.15, 0.2) is 10.3 Å². The third kappa shape index (κ3) is 5.51. The van der Waals surface area contributed by atoms with E-state index < -0.39 is 0 Å². The zero-order valence-corrected chi connectivity index (χ0v) is 15.4. The van der Waals surface area contributed by atoms with Crippen molar-refractivity contribution in [3.63, 3.8) is 0 Å². The van der Waals surface area contributed by atoms with Crippen LogP contribution in [0.1, 0.15) is 32.8 Å². The summed E-state index contributed by atoms with van der Waals surface area (Å²) in [6.45, 7) is 7.83. The summed E-state index contributed by atoms with van der Waals surface area (Å²) in [6, 6.07) is 8.16. The van der Waals surface area contributed by atoms with Gasteiger partial charge in [0.2, 0.25) is 0 Å². The molecule has 0 saturated carbocycles. The van der Waals surface area contributed by atoms with Crippen LogP contribution in [-0.4, -0.2) is 34.3 Å². The molecule has 0 aromatic heterocycles. The first-order valence-corrected chi connectivity index (χ1v) is 9.07. The standard InChI is InChI=1S/C16H23N5S2/c1-4-14-10-18-16(23-14)19-13-8-6-12(7-9-13)11(3)20-21-15(22)17-5-2/h6-9,14H,4-5,10H2,1-3H3,(H,18,19)(H2,17,21,22)/b20-11-/t14-/m0/s1. The van der Waals surface area contributed by atoms with E-state index in [9.17, 15) is 0 Å². The van der Waals surface area contributed by atoms with Crippen LogP contribution < -0.4 is 16.1 Å². The molecule has 0 aliphatic carbocycles. The van der Waals surface area contributed by atoms with Crippen molar-refractivity contribution in [1.82, 2.24) is 10.7 Å². The molecule has 1 aliphatic rings. The van der Waals surface area contributed by atoms with E-state index in [0.717, 1.165) is 41.6 Å². The second-order valence-electron chi connectivity index (χ2n) is 5.16. The molecule has 0 amide bonds. The average Bonchev–Trinajstić information content (AvgIpc) is 3.01. The largest absolute Gasteiger partial charge is 0.362 e. The maximum absolute atomic E-state index is 5.09. The quantitative estimate of drug-likeness (QED) is 0.433. The number of hydrazone groups is 1. The normalized spacial score (nSPS) is 17.6. The van der Waals surface area contributed by atoms with Gasteiger partial charge < -0.3 is 10.6 Å². The molecule has 0 fully saturated rings. The molecule has 0 unspecified atom stereocenters. The molecule has 1 heterocycles. The first kappa shape index (κ1) is 17.7.